The van der Waals surface area contributed by atoms with Crippen molar-refractivity contribution in [3.05, 3.63) is 40.0 Å². The van der Waals surface area contributed by atoms with Crippen molar-refractivity contribution in [2.24, 2.45) is 5.92 Å². The standard InChI is InChI=1S/C19H18O5/c1-19(2)7-3-4-9-12(19)6-5-10-13(9)15(20)16(21)14-11(18(22)23)8-24-17(10)14/h5-6,11H,3-4,7-8H2,1-2H3,(H,22,23)/t11-/m0/s1. The molecule has 24 heavy (non-hydrogen) atoms. The van der Waals surface area contributed by atoms with Crippen LogP contribution in [0.15, 0.2) is 17.7 Å². The van der Waals surface area contributed by atoms with Gasteiger partial charge >= 0.3 is 5.97 Å². The van der Waals surface area contributed by atoms with Gasteiger partial charge in [-0.2, -0.15) is 0 Å². The average Bonchev–Trinajstić information content (AvgIpc) is 2.97. The molecule has 0 amide bonds. The smallest absolute Gasteiger partial charge is 0.314 e. The van der Waals surface area contributed by atoms with Gasteiger partial charge in [0.15, 0.2) is 0 Å². The topological polar surface area (TPSA) is 80.7 Å². The summed E-state index contributed by atoms with van der Waals surface area (Å²) in [6, 6.07) is 3.81. The number of carbonyl (C=O) groups excluding carboxylic acids is 2. The molecule has 124 valence electrons. The van der Waals surface area contributed by atoms with Crippen molar-refractivity contribution in [3.8, 4) is 0 Å². The van der Waals surface area contributed by atoms with Gasteiger partial charge < -0.3 is 9.84 Å². The first-order valence-electron chi connectivity index (χ1n) is 8.18. The molecule has 0 unspecified atom stereocenters. The van der Waals surface area contributed by atoms with Gasteiger partial charge in [0.05, 0.1) is 5.57 Å². The number of hydrogen-bond donors (Lipinski definition) is 1. The van der Waals surface area contributed by atoms with E-state index in [1.165, 1.54) is 0 Å². The fraction of sp³-hybridized carbons (Fsp3) is 0.421. The SMILES string of the molecule is CC1(C)CCCc2c1ccc1c2C(=O)C(=O)C2=C1OC[C@@H]2C(=O)O. The molecule has 0 bridgehead atoms. The molecule has 1 atom stereocenters. The van der Waals surface area contributed by atoms with Gasteiger partial charge in [-0.1, -0.05) is 26.0 Å². The highest BCUT2D eigenvalue weighted by atomic mass is 16.5. The van der Waals surface area contributed by atoms with E-state index in [0.29, 0.717) is 11.1 Å². The lowest BCUT2D eigenvalue weighted by Crippen LogP contribution is -2.32. The van der Waals surface area contributed by atoms with E-state index in [1.807, 2.05) is 12.1 Å². The van der Waals surface area contributed by atoms with Crippen LogP contribution in [0.25, 0.3) is 5.76 Å². The summed E-state index contributed by atoms with van der Waals surface area (Å²) in [5.74, 6) is -3.22. The van der Waals surface area contributed by atoms with Crippen molar-refractivity contribution in [3.63, 3.8) is 0 Å². The van der Waals surface area contributed by atoms with Crippen LogP contribution in [0.5, 0.6) is 0 Å². The van der Waals surface area contributed by atoms with Crippen molar-refractivity contribution in [1.82, 2.24) is 0 Å². The largest absolute Gasteiger partial charge is 0.491 e. The molecule has 4 rings (SSSR count). The van der Waals surface area contributed by atoms with Crippen molar-refractivity contribution < 1.29 is 24.2 Å². The number of Topliss-reactive ketones (excluding diaryl/α,β-unsaturated/α-hetero) is 2. The molecule has 2 aliphatic carbocycles. The zero-order valence-electron chi connectivity index (χ0n) is 13.6. The molecule has 1 aromatic rings. The minimum absolute atomic E-state index is 0.00928. The maximum atomic E-state index is 12.8. The van der Waals surface area contributed by atoms with E-state index in [-0.39, 0.29) is 23.4 Å². The number of hydrogen-bond acceptors (Lipinski definition) is 4. The summed E-state index contributed by atoms with van der Waals surface area (Å²) in [7, 11) is 0. The van der Waals surface area contributed by atoms with Crippen LogP contribution < -0.4 is 0 Å². The second kappa shape index (κ2) is 4.79. The van der Waals surface area contributed by atoms with E-state index < -0.39 is 23.5 Å². The first-order valence-corrected chi connectivity index (χ1v) is 8.18. The van der Waals surface area contributed by atoms with E-state index in [1.54, 1.807) is 0 Å². The first kappa shape index (κ1) is 15.1. The summed E-state index contributed by atoms with van der Waals surface area (Å²) in [4.78, 5) is 36.7. The fourth-order valence-electron chi connectivity index (χ4n) is 4.23. The fourth-order valence-corrected chi connectivity index (χ4v) is 4.23. The summed E-state index contributed by atoms with van der Waals surface area (Å²) in [5, 5.41) is 9.29. The molecule has 3 aliphatic rings. The highest BCUT2D eigenvalue weighted by Gasteiger charge is 2.46. The van der Waals surface area contributed by atoms with Crippen LogP contribution in [0.3, 0.4) is 0 Å². The maximum absolute atomic E-state index is 12.8. The van der Waals surface area contributed by atoms with E-state index in [2.05, 4.69) is 13.8 Å². The summed E-state index contributed by atoms with van der Waals surface area (Å²) in [5.41, 5.74) is 3.00. The maximum Gasteiger partial charge on any atom is 0.314 e. The molecule has 5 heteroatoms. The molecule has 5 nitrogen and oxygen atoms in total. The van der Waals surface area contributed by atoms with Gasteiger partial charge in [-0.25, -0.2) is 0 Å². The van der Waals surface area contributed by atoms with Crippen LogP contribution >= 0.6 is 0 Å². The monoisotopic (exact) mass is 326 g/mol. The molecule has 1 aliphatic heterocycles. The summed E-state index contributed by atoms with van der Waals surface area (Å²) < 4.78 is 5.54. The molecule has 0 radical (unpaired) electrons. The highest BCUT2D eigenvalue weighted by molar-refractivity contribution is 6.53. The zero-order valence-corrected chi connectivity index (χ0v) is 13.6. The highest BCUT2D eigenvalue weighted by Crippen LogP contribution is 2.45. The molecule has 0 spiro atoms. The zero-order chi connectivity index (χ0) is 17.2. The van der Waals surface area contributed by atoms with Gasteiger partial charge in [0.1, 0.15) is 18.3 Å². The Kier molecular flexibility index (Phi) is 3.02. The third-order valence-corrected chi connectivity index (χ3v) is 5.48. The number of benzene rings is 1. The number of ketones is 2. The predicted molar refractivity (Wildman–Crippen MR) is 85.7 cm³/mol. The third-order valence-electron chi connectivity index (χ3n) is 5.48. The molecule has 0 saturated carbocycles. The van der Waals surface area contributed by atoms with E-state index in [9.17, 15) is 19.5 Å². The van der Waals surface area contributed by atoms with Crippen LogP contribution in [-0.4, -0.2) is 29.2 Å². The van der Waals surface area contributed by atoms with Gasteiger partial charge in [-0.3, -0.25) is 14.4 Å². The Balaban J connectivity index is 1.98. The molecule has 0 aromatic heterocycles. The number of carboxylic acid groups (broad SMARTS) is 1. The van der Waals surface area contributed by atoms with Gasteiger partial charge in [0.25, 0.3) is 0 Å². The lowest BCUT2D eigenvalue weighted by Gasteiger charge is -2.35. The van der Waals surface area contributed by atoms with Crippen LogP contribution in [0.4, 0.5) is 0 Å². The van der Waals surface area contributed by atoms with Crippen LogP contribution in [0, 0.1) is 5.92 Å². The number of carboxylic acids is 1. The third kappa shape index (κ3) is 1.84. The number of carbonyl (C=O) groups is 3. The van der Waals surface area contributed by atoms with Gasteiger partial charge in [-0.15, -0.1) is 0 Å². The minimum atomic E-state index is -1.14. The Bertz CT molecular complexity index is 844. The number of ether oxygens (including phenoxy) is 1. The second-order valence-corrected chi connectivity index (χ2v) is 7.35. The minimum Gasteiger partial charge on any atom is -0.491 e. The number of aliphatic carboxylic acids is 1. The Hall–Kier alpha value is -2.43. The van der Waals surface area contributed by atoms with Crippen LogP contribution in [-0.2, 0) is 26.2 Å². The van der Waals surface area contributed by atoms with E-state index >= 15 is 0 Å². The average molecular weight is 326 g/mol. The quantitative estimate of drug-likeness (QED) is 0.802. The molecular formula is C19H18O5. The number of rotatable bonds is 1. The molecule has 0 fully saturated rings. The Labute approximate surface area is 139 Å². The van der Waals surface area contributed by atoms with Crippen molar-refractivity contribution in [1.29, 1.82) is 0 Å². The van der Waals surface area contributed by atoms with Crippen molar-refractivity contribution in [2.45, 2.75) is 38.5 Å². The van der Waals surface area contributed by atoms with Crippen LogP contribution in [0.1, 0.15) is 53.7 Å². The predicted octanol–water partition coefficient (Wildman–Crippen LogP) is 2.51. The van der Waals surface area contributed by atoms with Gasteiger partial charge in [0, 0.05) is 11.1 Å². The summed E-state index contributed by atoms with van der Waals surface area (Å²) in [6.07, 6.45) is 2.75. The molecular weight excluding hydrogens is 308 g/mol. The van der Waals surface area contributed by atoms with E-state index in [0.717, 1.165) is 30.4 Å². The van der Waals surface area contributed by atoms with Crippen molar-refractivity contribution >= 4 is 23.3 Å². The van der Waals surface area contributed by atoms with E-state index in [4.69, 9.17) is 4.74 Å². The lowest BCUT2D eigenvalue weighted by molar-refractivity contribution is -0.141. The Morgan fingerprint density at radius 2 is 2.00 bits per heavy atom. The first-order chi connectivity index (χ1) is 11.3. The number of fused-ring (bicyclic) bond motifs is 4. The molecule has 1 N–H and O–H groups in total. The molecule has 1 aromatic carbocycles. The summed E-state index contributed by atoms with van der Waals surface area (Å²) >= 11 is 0. The van der Waals surface area contributed by atoms with Gasteiger partial charge in [0.2, 0.25) is 11.6 Å². The summed E-state index contributed by atoms with van der Waals surface area (Å²) in [6.45, 7) is 4.19. The Morgan fingerprint density at radius 3 is 2.71 bits per heavy atom. The molecule has 1 heterocycles. The normalized spacial score (nSPS) is 24.2. The van der Waals surface area contributed by atoms with Crippen LogP contribution in [0.2, 0.25) is 0 Å². The van der Waals surface area contributed by atoms with Crippen molar-refractivity contribution in [2.75, 3.05) is 6.61 Å². The lowest BCUT2D eigenvalue weighted by atomic mass is 9.69. The van der Waals surface area contributed by atoms with Gasteiger partial charge in [-0.05, 0) is 35.8 Å². The Morgan fingerprint density at radius 1 is 1.25 bits per heavy atom. The second-order valence-electron chi connectivity index (χ2n) is 7.35. The molecule has 0 saturated heterocycles.